The molecule has 0 spiro atoms. The fourth-order valence-electron chi connectivity index (χ4n) is 2.05. The summed E-state index contributed by atoms with van der Waals surface area (Å²) >= 11 is 0. The zero-order valence-corrected chi connectivity index (χ0v) is 9.63. The van der Waals surface area contributed by atoms with Crippen LogP contribution < -0.4 is 5.73 Å². The van der Waals surface area contributed by atoms with Crippen molar-refractivity contribution in [2.45, 2.75) is 46.0 Å². The summed E-state index contributed by atoms with van der Waals surface area (Å²) in [4.78, 5) is 4.60. The molecule has 2 N–H and O–H groups in total. The van der Waals surface area contributed by atoms with Gasteiger partial charge >= 0.3 is 0 Å². The maximum Gasteiger partial charge on any atom is 0.0416 e. The number of rotatable bonds is 4. The molecule has 0 radical (unpaired) electrons. The van der Waals surface area contributed by atoms with E-state index in [-0.39, 0.29) is 0 Å². The first-order chi connectivity index (χ1) is 6.76. The van der Waals surface area contributed by atoms with E-state index in [1.54, 1.807) is 0 Å². The molecule has 0 atom stereocenters. The summed E-state index contributed by atoms with van der Waals surface area (Å²) in [5, 5.41) is 0. The van der Waals surface area contributed by atoms with Crippen LogP contribution in [0.15, 0.2) is 4.99 Å². The third-order valence-corrected chi connectivity index (χ3v) is 3.43. The summed E-state index contributed by atoms with van der Waals surface area (Å²) < 4.78 is 0. The summed E-state index contributed by atoms with van der Waals surface area (Å²) in [6.07, 6.45) is 6.41. The highest BCUT2D eigenvalue weighted by Gasteiger charge is 2.19. The summed E-state index contributed by atoms with van der Waals surface area (Å²) in [6, 6.07) is 0. The van der Waals surface area contributed by atoms with Gasteiger partial charge in [-0.15, -0.1) is 0 Å². The lowest BCUT2D eigenvalue weighted by molar-refractivity contribution is 0.285. The van der Waals surface area contributed by atoms with E-state index in [0.717, 1.165) is 31.3 Å². The minimum atomic E-state index is 0.794. The van der Waals surface area contributed by atoms with Gasteiger partial charge in [0.2, 0.25) is 0 Å². The van der Waals surface area contributed by atoms with Crippen molar-refractivity contribution < 1.29 is 0 Å². The topological polar surface area (TPSA) is 38.4 Å². The Hall–Kier alpha value is -0.370. The van der Waals surface area contributed by atoms with Crippen molar-refractivity contribution in [2.75, 3.05) is 13.1 Å². The van der Waals surface area contributed by atoms with Gasteiger partial charge in [0.15, 0.2) is 0 Å². The molecule has 1 aliphatic carbocycles. The molecule has 2 nitrogen and oxygen atoms in total. The third kappa shape index (κ3) is 3.79. The largest absolute Gasteiger partial charge is 0.330 e. The van der Waals surface area contributed by atoms with E-state index in [9.17, 15) is 0 Å². The summed E-state index contributed by atoms with van der Waals surface area (Å²) in [6.45, 7) is 6.23. The molecule has 0 saturated heterocycles. The standard InChI is InChI=1S/C12H24N2/c1-3-10(2)14-9-12-6-4-11(8-13)5-7-12/h11-12H,3-9,13H2,1-2H3. The van der Waals surface area contributed by atoms with Gasteiger partial charge in [0.1, 0.15) is 0 Å². The van der Waals surface area contributed by atoms with Gasteiger partial charge in [-0.3, -0.25) is 4.99 Å². The number of aliphatic imine (C=N–C) groups is 1. The van der Waals surface area contributed by atoms with Gasteiger partial charge in [0.25, 0.3) is 0 Å². The van der Waals surface area contributed by atoms with Crippen LogP contribution in [0.4, 0.5) is 0 Å². The second-order valence-corrected chi connectivity index (χ2v) is 4.55. The van der Waals surface area contributed by atoms with Crippen molar-refractivity contribution >= 4 is 5.71 Å². The first kappa shape index (κ1) is 11.7. The van der Waals surface area contributed by atoms with Crippen molar-refractivity contribution in [2.24, 2.45) is 22.6 Å². The highest BCUT2D eigenvalue weighted by atomic mass is 14.7. The van der Waals surface area contributed by atoms with E-state index in [4.69, 9.17) is 5.73 Å². The van der Waals surface area contributed by atoms with E-state index in [1.165, 1.54) is 31.4 Å². The Bertz CT molecular complexity index is 179. The van der Waals surface area contributed by atoms with Crippen LogP contribution in [-0.4, -0.2) is 18.8 Å². The summed E-state index contributed by atoms with van der Waals surface area (Å²) in [7, 11) is 0. The molecule has 0 unspecified atom stereocenters. The van der Waals surface area contributed by atoms with E-state index in [1.807, 2.05) is 0 Å². The van der Waals surface area contributed by atoms with Crippen LogP contribution in [0, 0.1) is 11.8 Å². The molecule has 82 valence electrons. The lowest BCUT2D eigenvalue weighted by Crippen LogP contribution is -2.22. The molecule has 0 heterocycles. The lowest BCUT2D eigenvalue weighted by Gasteiger charge is -2.26. The van der Waals surface area contributed by atoms with Gasteiger partial charge in [-0.1, -0.05) is 6.92 Å². The van der Waals surface area contributed by atoms with Gasteiger partial charge in [-0.25, -0.2) is 0 Å². The highest BCUT2D eigenvalue weighted by Crippen LogP contribution is 2.28. The predicted molar refractivity (Wildman–Crippen MR) is 62.8 cm³/mol. The molecular weight excluding hydrogens is 172 g/mol. The van der Waals surface area contributed by atoms with Crippen molar-refractivity contribution in [3.05, 3.63) is 0 Å². The smallest absolute Gasteiger partial charge is 0.0416 e. The van der Waals surface area contributed by atoms with Crippen LogP contribution in [0.3, 0.4) is 0 Å². The number of hydrogen-bond donors (Lipinski definition) is 1. The van der Waals surface area contributed by atoms with E-state index in [2.05, 4.69) is 18.8 Å². The quantitative estimate of drug-likeness (QED) is 0.690. The van der Waals surface area contributed by atoms with Crippen LogP contribution >= 0.6 is 0 Å². The van der Waals surface area contributed by atoms with Crippen molar-refractivity contribution in [3.63, 3.8) is 0 Å². The summed E-state index contributed by atoms with van der Waals surface area (Å²) in [5.74, 6) is 1.63. The normalized spacial score (nSPS) is 29.2. The van der Waals surface area contributed by atoms with Crippen molar-refractivity contribution in [1.82, 2.24) is 0 Å². The van der Waals surface area contributed by atoms with E-state index < -0.39 is 0 Å². The molecule has 1 aliphatic rings. The summed E-state index contributed by atoms with van der Waals surface area (Å²) in [5.41, 5.74) is 6.96. The molecule has 0 amide bonds. The van der Waals surface area contributed by atoms with Gasteiger partial charge in [0, 0.05) is 12.3 Å². The molecule has 0 aromatic heterocycles. The number of nitrogens with zero attached hydrogens (tertiary/aromatic N) is 1. The third-order valence-electron chi connectivity index (χ3n) is 3.43. The Balaban J connectivity index is 2.22. The number of nitrogens with two attached hydrogens (primary N) is 1. The average molecular weight is 196 g/mol. The van der Waals surface area contributed by atoms with Crippen LogP contribution in [0.5, 0.6) is 0 Å². The SMILES string of the molecule is CCC(C)=NCC1CCC(CN)CC1. The zero-order valence-electron chi connectivity index (χ0n) is 9.63. The Morgan fingerprint density at radius 1 is 1.21 bits per heavy atom. The fourth-order valence-corrected chi connectivity index (χ4v) is 2.05. The second kappa shape index (κ2) is 6.18. The Morgan fingerprint density at radius 2 is 1.79 bits per heavy atom. The van der Waals surface area contributed by atoms with Crippen LogP contribution in [0.1, 0.15) is 46.0 Å². The predicted octanol–water partition coefficient (Wildman–Crippen LogP) is 2.62. The fraction of sp³-hybridized carbons (Fsp3) is 0.917. The Kier molecular flexibility index (Phi) is 5.16. The molecule has 14 heavy (non-hydrogen) atoms. The van der Waals surface area contributed by atoms with Crippen LogP contribution in [-0.2, 0) is 0 Å². The van der Waals surface area contributed by atoms with Crippen LogP contribution in [0.25, 0.3) is 0 Å². The molecule has 0 aromatic rings. The maximum atomic E-state index is 5.66. The maximum absolute atomic E-state index is 5.66. The average Bonchev–Trinajstić information content (AvgIpc) is 2.26. The van der Waals surface area contributed by atoms with Crippen LogP contribution in [0.2, 0.25) is 0 Å². The molecule has 1 rings (SSSR count). The zero-order chi connectivity index (χ0) is 10.4. The first-order valence-electron chi connectivity index (χ1n) is 5.96. The van der Waals surface area contributed by atoms with E-state index in [0.29, 0.717) is 0 Å². The molecular formula is C12H24N2. The van der Waals surface area contributed by atoms with E-state index >= 15 is 0 Å². The Labute approximate surface area is 88.0 Å². The monoisotopic (exact) mass is 196 g/mol. The molecule has 0 aliphatic heterocycles. The molecule has 0 bridgehead atoms. The minimum absolute atomic E-state index is 0.794. The van der Waals surface area contributed by atoms with Gasteiger partial charge in [-0.2, -0.15) is 0 Å². The number of hydrogen-bond acceptors (Lipinski definition) is 2. The van der Waals surface area contributed by atoms with Gasteiger partial charge < -0.3 is 5.73 Å². The Morgan fingerprint density at radius 3 is 2.29 bits per heavy atom. The second-order valence-electron chi connectivity index (χ2n) is 4.55. The van der Waals surface area contributed by atoms with Gasteiger partial charge in [-0.05, 0) is 57.4 Å². The van der Waals surface area contributed by atoms with Gasteiger partial charge in [0.05, 0.1) is 0 Å². The van der Waals surface area contributed by atoms with Crippen molar-refractivity contribution in [3.8, 4) is 0 Å². The lowest BCUT2D eigenvalue weighted by atomic mass is 9.82. The highest BCUT2D eigenvalue weighted by molar-refractivity contribution is 5.81. The molecule has 0 aromatic carbocycles. The van der Waals surface area contributed by atoms with Crippen molar-refractivity contribution in [1.29, 1.82) is 0 Å². The molecule has 1 fully saturated rings. The molecule has 1 saturated carbocycles. The molecule has 2 heteroatoms. The first-order valence-corrected chi connectivity index (χ1v) is 5.96. The minimum Gasteiger partial charge on any atom is -0.330 e.